The molecule has 42 heavy (non-hydrogen) atoms. The Morgan fingerprint density at radius 1 is 1.00 bits per heavy atom. The largest absolute Gasteiger partial charge is 0.486 e. The van der Waals surface area contributed by atoms with Gasteiger partial charge in [0.2, 0.25) is 0 Å². The SMILES string of the molecule is Cn1c(COc2cccc(C(F)(F)F)c2)nnc1-c1ccc(-n2cc(C3CCN(C(=O)OC(C)(C)C)CC3)nn2)cc1. The van der Waals surface area contributed by atoms with E-state index in [4.69, 9.17) is 9.47 Å². The first kappa shape index (κ1) is 29.1. The first-order valence-electron chi connectivity index (χ1n) is 13.6. The molecule has 3 heterocycles. The minimum absolute atomic E-state index is 0.0403. The molecule has 0 bridgehead atoms. The summed E-state index contributed by atoms with van der Waals surface area (Å²) in [5, 5.41) is 17.1. The summed E-state index contributed by atoms with van der Waals surface area (Å²) < 4.78 is 53.4. The maximum atomic E-state index is 13.0. The highest BCUT2D eigenvalue weighted by atomic mass is 19.4. The highest BCUT2D eigenvalue weighted by molar-refractivity contribution is 5.68. The van der Waals surface area contributed by atoms with E-state index in [-0.39, 0.29) is 24.4 Å². The second kappa shape index (κ2) is 11.5. The molecule has 1 amide bonds. The lowest BCUT2D eigenvalue weighted by molar-refractivity contribution is -0.137. The van der Waals surface area contributed by atoms with Crippen molar-refractivity contribution >= 4 is 6.09 Å². The van der Waals surface area contributed by atoms with Gasteiger partial charge in [0.1, 0.15) is 18.0 Å². The Morgan fingerprint density at radius 2 is 1.71 bits per heavy atom. The third-order valence-corrected chi connectivity index (χ3v) is 6.96. The number of rotatable bonds is 6. The van der Waals surface area contributed by atoms with Crippen LogP contribution < -0.4 is 4.74 Å². The molecule has 1 aliphatic rings. The number of hydrogen-bond donors (Lipinski definition) is 0. The lowest BCUT2D eigenvalue weighted by atomic mass is 9.94. The van der Waals surface area contributed by atoms with Crippen molar-refractivity contribution in [3.8, 4) is 22.8 Å². The molecule has 0 saturated carbocycles. The molecule has 10 nitrogen and oxygen atoms in total. The number of alkyl halides is 3. The van der Waals surface area contributed by atoms with Crippen molar-refractivity contribution in [1.29, 1.82) is 0 Å². The Balaban J connectivity index is 1.20. The third kappa shape index (κ3) is 6.72. The summed E-state index contributed by atoms with van der Waals surface area (Å²) in [5.41, 5.74) is 1.20. The summed E-state index contributed by atoms with van der Waals surface area (Å²) in [7, 11) is 1.77. The fourth-order valence-corrected chi connectivity index (χ4v) is 4.69. The summed E-state index contributed by atoms with van der Waals surface area (Å²) in [6, 6.07) is 12.3. The maximum Gasteiger partial charge on any atom is 0.416 e. The Labute approximate surface area is 241 Å². The van der Waals surface area contributed by atoms with Gasteiger partial charge in [0.25, 0.3) is 0 Å². The number of nitrogens with zero attached hydrogens (tertiary/aromatic N) is 7. The van der Waals surface area contributed by atoms with Crippen molar-refractivity contribution < 1.29 is 27.4 Å². The van der Waals surface area contributed by atoms with Crippen LogP contribution in [0.25, 0.3) is 17.1 Å². The van der Waals surface area contributed by atoms with Crippen LogP contribution >= 0.6 is 0 Å². The molecule has 0 spiro atoms. The molecule has 0 unspecified atom stereocenters. The standard InChI is InChI=1S/C29H32F3N7O3/c1-28(2,3)42-27(40)38-14-12-19(13-15-38)24-17-39(36-33-24)22-10-8-20(9-11-22)26-35-34-25(37(26)4)18-41-23-7-5-6-21(16-23)29(30,31)32/h5-11,16-17,19H,12-15,18H2,1-4H3. The molecule has 0 N–H and O–H groups in total. The minimum Gasteiger partial charge on any atom is -0.486 e. The molecule has 5 rings (SSSR count). The number of carbonyl (C=O) groups excluding carboxylic acids is 1. The van der Waals surface area contributed by atoms with Crippen LogP contribution in [0.15, 0.2) is 54.7 Å². The number of benzene rings is 2. The number of aromatic nitrogens is 6. The average Bonchev–Trinajstić information content (AvgIpc) is 3.58. The molecule has 0 radical (unpaired) electrons. The van der Waals surface area contributed by atoms with Gasteiger partial charge in [-0.15, -0.1) is 15.3 Å². The van der Waals surface area contributed by atoms with Crippen LogP contribution in [0.4, 0.5) is 18.0 Å². The van der Waals surface area contributed by atoms with Gasteiger partial charge in [0, 0.05) is 31.6 Å². The van der Waals surface area contributed by atoms with Crippen LogP contribution in [0, 0.1) is 0 Å². The Kier molecular flexibility index (Phi) is 7.93. The van der Waals surface area contributed by atoms with Crippen LogP contribution in [0.5, 0.6) is 5.75 Å². The van der Waals surface area contributed by atoms with Crippen LogP contribution in [0.3, 0.4) is 0 Å². The van der Waals surface area contributed by atoms with Crippen molar-refractivity contribution in [2.45, 2.75) is 57.9 Å². The zero-order chi connectivity index (χ0) is 30.1. The second-order valence-electron chi connectivity index (χ2n) is 11.2. The molecule has 1 fully saturated rings. The molecule has 4 aromatic rings. The lowest BCUT2D eigenvalue weighted by Crippen LogP contribution is -2.41. The van der Waals surface area contributed by atoms with E-state index in [0.29, 0.717) is 24.7 Å². The van der Waals surface area contributed by atoms with E-state index in [1.54, 1.807) is 21.2 Å². The monoisotopic (exact) mass is 583 g/mol. The number of ether oxygens (including phenoxy) is 2. The van der Waals surface area contributed by atoms with E-state index < -0.39 is 17.3 Å². The van der Waals surface area contributed by atoms with E-state index in [0.717, 1.165) is 41.9 Å². The quantitative estimate of drug-likeness (QED) is 0.284. The number of halogens is 3. The topological polar surface area (TPSA) is 100 Å². The number of piperidine rings is 1. The van der Waals surface area contributed by atoms with Crippen molar-refractivity contribution in [3.05, 3.63) is 71.8 Å². The molecule has 222 valence electrons. The van der Waals surface area contributed by atoms with E-state index in [1.165, 1.54) is 12.1 Å². The van der Waals surface area contributed by atoms with Crippen molar-refractivity contribution in [3.63, 3.8) is 0 Å². The van der Waals surface area contributed by atoms with Gasteiger partial charge < -0.3 is 18.9 Å². The summed E-state index contributed by atoms with van der Waals surface area (Å²) in [6.45, 7) is 6.74. The molecule has 1 saturated heterocycles. The summed E-state index contributed by atoms with van der Waals surface area (Å²) >= 11 is 0. The van der Waals surface area contributed by atoms with Crippen molar-refractivity contribution in [1.82, 2.24) is 34.7 Å². The van der Waals surface area contributed by atoms with Crippen LogP contribution in [-0.2, 0) is 24.6 Å². The summed E-state index contributed by atoms with van der Waals surface area (Å²) in [5.74, 6) is 1.34. The van der Waals surface area contributed by atoms with Gasteiger partial charge >= 0.3 is 12.3 Å². The van der Waals surface area contributed by atoms with Gasteiger partial charge in [-0.05, 0) is 76.1 Å². The van der Waals surface area contributed by atoms with Crippen LogP contribution in [0.2, 0.25) is 0 Å². The predicted molar refractivity (Wildman–Crippen MR) is 147 cm³/mol. The second-order valence-corrected chi connectivity index (χ2v) is 11.2. The minimum atomic E-state index is -4.45. The zero-order valence-corrected chi connectivity index (χ0v) is 23.8. The first-order valence-corrected chi connectivity index (χ1v) is 13.6. The Hall–Kier alpha value is -4.42. The molecule has 2 aromatic heterocycles. The Bertz CT molecular complexity index is 1530. The van der Waals surface area contributed by atoms with Crippen molar-refractivity contribution in [2.75, 3.05) is 13.1 Å². The zero-order valence-electron chi connectivity index (χ0n) is 23.8. The molecule has 2 aromatic carbocycles. The van der Waals surface area contributed by atoms with E-state index in [1.807, 2.05) is 51.2 Å². The predicted octanol–water partition coefficient (Wildman–Crippen LogP) is 5.78. The number of likely N-dealkylation sites (tertiary alicyclic amines) is 1. The van der Waals surface area contributed by atoms with Gasteiger partial charge in [0.05, 0.1) is 23.1 Å². The summed E-state index contributed by atoms with van der Waals surface area (Å²) in [6.07, 6.45) is -1.26. The van der Waals surface area contributed by atoms with Gasteiger partial charge in [-0.1, -0.05) is 11.3 Å². The van der Waals surface area contributed by atoms with Crippen LogP contribution in [-0.4, -0.2) is 59.4 Å². The fraction of sp³-hybridized carbons (Fsp3) is 0.414. The normalized spacial score (nSPS) is 14.7. The summed E-state index contributed by atoms with van der Waals surface area (Å²) in [4.78, 5) is 14.1. The van der Waals surface area contributed by atoms with Crippen molar-refractivity contribution in [2.24, 2.45) is 7.05 Å². The highest BCUT2D eigenvalue weighted by Gasteiger charge is 2.31. The van der Waals surface area contributed by atoms with Gasteiger partial charge in [-0.2, -0.15) is 13.2 Å². The van der Waals surface area contributed by atoms with E-state index in [2.05, 4.69) is 20.5 Å². The fourth-order valence-electron chi connectivity index (χ4n) is 4.69. The van der Waals surface area contributed by atoms with E-state index >= 15 is 0 Å². The molecule has 1 aliphatic heterocycles. The first-order chi connectivity index (χ1) is 19.9. The number of hydrogen-bond acceptors (Lipinski definition) is 7. The molecule has 0 atom stereocenters. The number of amides is 1. The Morgan fingerprint density at radius 3 is 2.38 bits per heavy atom. The molecule has 0 aliphatic carbocycles. The van der Waals surface area contributed by atoms with Gasteiger partial charge in [-0.25, -0.2) is 9.48 Å². The van der Waals surface area contributed by atoms with Crippen LogP contribution in [0.1, 0.15) is 56.6 Å². The average molecular weight is 584 g/mol. The van der Waals surface area contributed by atoms with E-state index in [9.17, 15) is 18.0 Å². The smallest absolute Gasteiger partial charge is 0.416 e. The molecule has 13 heteroatoms. The highest BCUT2D eigenvalue weighted by Crippen LogP contribution is 2.32. The maximum absolute atomic E-state index is 13.0. The lowest BCUT2D eigenvalue weighted by Gasteiger charge is -2.32. The third-order valence-electron chi connectivity index (χ3n) is 6.96. The van der Waals surface area contributed by atoms with Gasteiger partial charge in [0.15, 0.2) is 11.6 Å². The van der Waals surface area contributed by atoms with Gasteiger partial charge in [-0.3, -0.25) is 0 Å². The molecular weight excluding hydrogens is 551 g/mol. The molecular formula is C29H32F3N7O3. The number of carbonyl (C=O) groups is 1.